The molecule has 2 aromatic carbocycles. The van der Waals surface area contributed by atoms with Gasteiger partial charge in [0.15, 0.2) is 5.78 Å². The summed E-state index contributed by atoms with van der Waals surface area (Å²) in [5, 5.41) is 19.3. The van der Waals surface area contributed by atoms with Gasteiger partial charge < -0.3 is 10.2 Å². The van der Waals surface area contributed by atoms with E-state index in [-0.39, 0.29) is 5.56 Å². The Balaban J connectivity index is 2.58. The highest BCUT2D eigenvalue weighted by atomic mass is 16.4. The highest BCUT2D eigenvalue weighted by molar-refractivity contribution is 6.06. The maximum atomic E-state index is 12.7. The highest BCUT2D eigenvalue weighted by Crippen LogP contribution is 2.37. The Morgan fingerprint density at radius 1 is 1.00 bits per heavy atom. The first kappa shape index (κ1) is 18.1. The molecule has 1 unspecified atom stereocenters. The van der Waals surface area contributed by atoms with E-state index < -0.39 is 35.1 Å². The van der Waals surface area contributed by atoms with Crippen molar-refractivity contribution in [2.24, 2.45) is 0 Å². The van der Waals surface area contributed by atoms with Crippen molar-refractivity contribution in [3.8, 4) is 0 Å². The molecule has 0 bridgehead atoms. The van der Waals surface area contributed by atoms with Gasteiger partial charge in [-0.1, -0.05) is 60.7 Å². The lowest BCUT2D eigenvalue weighted by atomic mass is 9.70. The van der Waals surface area contributed by atoms with Gasteiger partial charge >= 0.3 is 11.9 Å². The molecule has 0 aromatic heterocycles. The molecule has 0 spiro atoms. The molecular weight excluding hydrogens is 320 g/mol. The van der Waals surface area contributed by atoms with Crippen molar-refractivity contribution in [2.75, 3.05) is 0 Å². The lowest BCUT2D eigenvalue weighted by Gasteiger charge is -2.29. The average Bonchev–Trinajstić information content (AvgIpc) is 2.59. The third-order valence-electron chi connectivity index (χ3n) is 4.17. The second-order valence-corrected chi connectivity index (χ2v) is 5.83. The Morgan fingerprint density at radius 3 is 2.16 bits per heavy atom. The molecule has 0 aliphatic carbocycles. The van der Waals surface area contributed by atoms with Gasteiger partial charge in [0, 0.05) is 12.0 Å². The van der Waals surface area contributed by atoms with Crippen LogP contribution in [0.4, 0.5) is 0 Å². The van der Waals surface area contributed by atoms with Gasteiger partial charge in [-0.2, -0.15) is 0 Å². The van der Waals surface area contributed by atoms with E-state index in [9.17, 15) is 24.6 Å². The number of benzene rings is 2. The van der Waals surface area contributed by atoms with Gasteiger partial charge in [-0.3, -0.25) is 9.59 Å². The number of carbonyl (C=O) groups is 3. The second kappa shape index (κ2) is 7.13. The van der Waals surface area contributed by atoms with Crippen molar-refractivity contribution in [3.63, 3.8) is 0 Å². The van der Waals surface area contributed by atoms with Gasteiger partial charge in [-0.05, 0) is 18.6 Å². The molecule has 0 aliphatic rings. The minimum Gasteiger partial charge on any atom is -0.480 e. The van der Waals surface area contributed by atoms with Crippen LogP contribution in [0.15, 0.2) is 66.7 Å². The van der Waals surface area contributed by atoms with Crippen LogP contribution in [0.3, 0.4) is 0 Å². The topological polar surface area (TPSA) is 91.7 Å². The Kier molecular flexibility index (Phi) is 5.17. The predicted molar refractivity (Wildman–Crippen MR) is 92.7 cm³/mol. The monoisotopic (exact) mass is 338 g/mol. The summed E-state index contributed by atoms with van der Waals surface area (Å²) in [6, 6.07) is 14.6. The Hall–Kier alpha value is -3.21. The van der Waals surface area contributed by atoms with Gasteiger partial charge in [-0.25, -0.2) is 4.79 Å². The minimum absolute atomic E-state index is 0.205. The molecule has 5 heteroatoms. The van der Waals surface area contributed by atoms with E-state index in [1.54, 1.807) is 36.4 Å². The fourth-order valence-electron chi connectivity index (χ4n) is 2.78. The normalized spacial score (nSPS) is 12.8. The van der Waals surface area contributed by atoms with E-state index in [4.69, 9.17) is 0 Å². The summed E-state index contributed by atoms with van der Waals surface area (Å²) in [7, 11) is 0. The van der Waals surface area contributed by atoms with Crippen molar-refractivity contribution >= 4 is 17.7 Å². The summed E-state index contributed by atoms with van der Waals surface area (Å²) >= 11 is 0. The van der Waals surface area contributed by atoms with Gasteiger partial charge in [0.05, 0.1) is 5.57 Å². The van der Waals surface area contributed by atoms with E-state index >= 15 is 0 Å². The molecule has 0 saturated carbocycles. The zero-order valence-electron chi connectivity index (χ0n) is 13.7. The van der Waals surface area contributed by atoms with Crippen LogP contribution in [0.2, 0.25) is 0 Å². The predicted octanol–water partition coefficient (Wildman–Crippen LogP) is 3.23. The van der Waals surface area contributed by atoms with E-state index in [0.717, 1.165) is 5.56 Å². The summed E-state index contributed by atoms with van der Waals surface area (Å²) in [6.45, 7) is 5.27. The number of carboxylic acid groups (broad SMARTS) is 2. The lowest BCUT2D eigenvalue weighted by molar-refractivity contribution is -0.145. The Morgan fingerprint density at radius 2 is 1.64 bits per heavy atom. The zero-order valence-corrected chi connectivity index (χ0v) is 13.7. The fourth-order valence-corrected chi connectivity index (χ4v) is 2.78. The summed E-state index contributed by atoms with van der Waals surface area (Å²) in [6.07, 6.45) is -0.527. The highest BCUT2D eigenvalue weighted by Gasteiger charge is 2.47. The van der Waals surface area contributed by atoms with Crippen LogP contribution in [0.5, 0.6) is 0 Å². The summed E-state index contributed by atoms with van der Waals surface area (Å²) < 4.78 is 0. The molecule has 128 valence electrons. The first-order chi connectivity index (χ1) is 11.8. The first-order valence-corrected chi connectivity index (χ1v) is 7.60. The van der Waals surface area contributed by atoms with E-state index in [1.165, 1.54) is 12.1 Å². The van der Waals surface area contributed by atoms with Gasteiger partial charge in [-0.15, -0.1) is 0 Å². The van der Waals surface area contributed by atoms with Crippen LogP contribution in [0, 0.1) is 6.92 Å². The SMILES string of the molecule is C=C(C(=O)O)C(CC(=O)c1cccc(C)c1)(C(=O)O)c1ccccc1. The summed E-state index contributed by atoms with van der Waals surface area (Å²) in [5.41, 5.74) is -1.19. The van der Waals surface area contributed by atoms with Crippen LogP contribution < -0.4 is 0 Å². The number of Topliss-reactive ketones (excluding diaryl/α,β-unsaturated/α-hetero) is 1. The van der Waals surface area contributed by atoms with Crippen LogP contribution in [-0.4, -0.2) is 27.9 Å². The van der Waals surface area contributed by atoms with E-state index in [2.05, 4.69) is 6.58 Å². The molecule has 0 amide bonds. The molecule has 0 radical (unpaired) electrons. The molecule has 5 nitrogen and oxygen atoms in total. The maximum absolute atomic E-state index is 12.7. The fraction of sp³-hybridized carbons (Fsp3) is 0.150. The van der Waals surface area contributed by atoms with Crippen molar-refractivity contribution in [1.82, 2.24) is 0 Å². The molecule has 1 atom stereocenters. The standard InChI is InChI=1S/C20H18O5/c1-13-7-6-8-15(11-13)17(21)12-20(19(24)25,14(2)18(22)23)16-9-4-3-5-10-16/h3-11H,2,12H2,1H3,(H,22,23)(H,24,25). The molecule has 2 N–H and O–H groups in total. The number of aryl methyl sites for hydroxylation is 1. The van der Waals surface area contributed by atoms with Crippen molar-refractivity contribution in [2.45, 2.75) is 18.8 Å². The van der Waals surface area contributed by atoms with E-state index in [0.29, 0.717) is 5.56 Å². The third-order valence-corrected chi connectivity index (χ3v) is 4.17. The number of hydrogen-bond acceptors (Lipinski definition) is 3. The summed E-state index contributed by atoms with van der Waals surface area (Å²) in [5.74, 6) is -3.34. The van der Waals surface area contributed by atoms with Gasteiger partial charge in [0.1, 0.15) is 5.41 Å². The third kappa shape index (κ3) is 3.50. The smallest absolute Gasteiger partial charge is 0.332 e. The molecular formula is C20H18O5. The van der Waals surface area contributed by atoms with Crippen molar-refractivity contribution in [3.05, 3.63) is 83.4 Å². The molecule has 2 rings (SSSR count). The quantitative estimate of drug-likeness (QED) is 0.597. The molecule has 25 heavy (non-hydrogen) atoms. The number of carbonyl (C=O) groups excluding carboxylic acids is 1. The molecule has 2 aromatic rings. The molecule has 0 heterocycles. The van der Waals surface area contributed by atoms with Crippen LogP contribution in [-0.2, 0) is 15.0 Å². The first-order valence-electron chi connectivity index (χ1n) is 7.60. The maximum Gasteiger partial charge on any atom is 0.332 e. The number of rotatable bonds is 7. The second-order valence-electron chi connectivity index (χ2n) is 5.83. The van der Waals surface area contributed by atoms with Gasteiger partial charge in [0.2, 0.25) is 0 Å². The van der Waals surface area contributed by atoms with Crippen molar-refractivity contribution < 1.29 is 24.6 Å². The Bertz CT molecular complexity index is 838. The number of hydrogen-bond donors (Lipinski definition) is 2. The minimum atomic E-state index is -2.03. The molecule has 0 fully saturated rings. The summed E-state index contributed by atoms with van der Waals surface area (Å²) in [4.78, 5) is 36.4. The van der Waals surface area contributed by atoms with E-state index in [1.807, 2.05) is 13.0 Å². The number of ketones is 1. The largest absolute Gasteiger partial charge is 0.480 e. The lowest BCUT2D eigenvalue weighted by Crippen LogP contribution is -2.42. The average molecular weight is 338 g/mol. The van der Waals surface area contributed by atoms with Crippen molar-refractivity contribution in [1.29, 1.82) is 0 Å². The van der Waals surface area contributed by atoms with Crippen LogP contribution in [0.25, 0.3) is 0 Å². The number of aliphatic carboxylic acids is 2. The Labute approximate surface area is 145 Å². The zero-order chi connectivity index (χ0) is 18.6. The van der Waals surface area contributed by atoms with Crippen LogP contribution in [0.1, 0.15) is 27.9 Å². The number of carboxylic acids is 2. The van der Waals surface area contributed by atoms with Crippen LogP contribution >= 0.6 is 0 Å². The molecule has 0 aliphatic heterocycles. The van der Waals surface area contributed by atoms with Gasteiger partial charge in [0.25, 0.3) is 0 Å². The molecule has 0 saturated heterocycles.